The number of hydrogen-bond acceptors (Lipinski definition) is 0. The average Bonchev–Trinajstić information content (AvgIpc) is 2.25. The second-order valence-corrected chi connectivity index (χ2v) is 3.97. The first-order chi connectivity index (χ1) is 7.24. The van der Waals surface area contributed by atoms with Crippen molar-refractivity contribution in [3.8, 4) is 0 Å². The zero-order valence-electron chi connectivity index (χ0n) is 9.57. The maximum absolute atomic E-state index is 2.19. The van der Waals surface area contributed by atoms with E-state index in [1.165, 1.54) is 22.3 Å². The van der Waals surface area contributed by atoms with Gasteiger partial charge >= 0.3 is 0 Å². The summed E-state index contributed by atoms with van der Waals surface area (Å²) in [6.07, 6.45) is 2.19. The fraction of sp³-hybridized carbons (Fsp3) is 0.133. The molecule has 82 valence electrons. The van der Waals surface area contributed by atoms with Crippen LogP contribution in [0.15, 0.2) is 48.5 Å². The Balaban J connectivity index is 0.00000128. The van der Waals surface area contributed by atoms with Gasteiger partial charge in [-0.1, -0.05) is 0 Å². The fourth-order valence-electron chi connectivity index (χ4n) is 1.52. The fourth-order valence-corrected chi connectivity index (χ4v) is 1.52. The minimum atomic E-state index is 0. The van der Waals surface area contributed by atoms with Crippen LogP contribution in [0.2, 0.25) is 0 Å². The van der Waals surface area contributed by atoms with Crippen molar-refractivity contribution >= 4 is 0 Å². The molecule has 2 aromatic carbocycles. The summed E-state index contributed by atoms with van der Waals surface area (Å²) >= 11 is 0. The van der Waals surface area contributed by atoms with Gasteiger partial charge in [0, 0.05) is 30.7 Å². The molecule has 0 fully saturated rings. The largest absolute Gasteiger partial charge is 1.00 e. The van der Waals surface area contributed by atoms with E-state index in [0.29, 0.717) is 0 Å². The van der Waals surface area contributed by atoms with E-state index in [0.717, 1.165) is 0 Å². The Morgan fingerprint density at radius 2 is 0.938 bits per heavy atom. The van der Waals surface area contributed by atoms with Crippen molar-refractivity contribution in [2.24, 2.45) is 0 Å². The van der Waals surface area contributed by atoms with Gasteiger partial charge in [-0.3, -0.25) is 0 Å². The summed E-state index contributed by atoms with van der Waals surface area (Å²) < 4.78 is 0. The molecule has 0 nitrogen and oxygen atoms in total. The summed E-state index contributed by atoms with van der Waals surface area (Å²) in [5.41, 5.74) is 5.11. The molecule has 0 amide bonds. The van der Waals surface area contributed by atoms with Crippen LogP contribution in [0.3, 0.4) is 0 Å². The van der Waals surface area contributed by atoms with E-state index in [2.05, 4.69) is 68.8 Å². The number of benzene rings is 2. The summed E-state index contributed by atoms with van der Waals surface area (Å²) in [6.45, 7) is 4.21. The molecule has 0 aliphatic rings. The minimum absolute atomic E-state index is 0. The smallest absolute Gasteiger partial charge is 0.0725 e. The maximum atomic E-state index is 2.19. The minimum Gasteiger partial charge on any atom is -1.00 e. The van der Waals surface area contributed by atoms with E-state index < -0.39 is 0 Å². The molecular formula is C15H15Br. The lowest BCUT2D eigenvalue weighted by molar-refractivity contribution is -0.00000313. The van der Waals surface area contributed by atoms with Gasteiger partial charge in [0.15, 0.2) is 0 Å². The Morgan fingerprint density at radius 3 is 1.25 bits per heavy atom. The van der Waals surface area contributed by atoms with Crippen LogP contribution < -0.4 is 17.0 Å². The molecule has 0 spiro atoms. The first kappa shape index (κ1) is 12.9. The third-order valence-electron chi connectivity index (χ3n) is 2.49. The van der Waals surface area contributed by atoms with E-state index in [-0.39, 0.29) is 17.0 Å². The van der Waals surface area contributed by atoms with Gasteiger partial charge < -0.3 is 17.0 Å². The molecule has 0 saturated carbocycles. The third-order valence-corrected chi connectivity index (χ3v) is 2.49. The van der Waals surface area contributed by atoms with Gasteiger partial charge in [-0.15, -0.1) is 0 Å². The first-order valence-corrected chi connectivity index (χ1v) is 5.22. The summed E-state index contributed by atoms with van der Waals surface area (Å²) in [6, 6.07) is 17.1. The molecule has 16 heavy (non-hydrogen) atoms. The van der Waals surface area contributed by atoms with Crippen LogP contribution >= 0.6 is 0 Å². The highest BCUT2D eigenvalue weighted by Crippen LogP contribution is 2.13. The summed E-state index contributed by atoms with van der Waals surface area (Å²) in [5, 5.41) is 0. The zero-order chi connectivity index (χ0) is 10.7. The first-order valence-electron chi connectivity index (χ1n) is 5.22. The number of halogens is 1. The molecule has 0 atom stereocenters. The zero-order valence-corrected chi connectivity index (χ0v) is 11.2. The molecule has 0 aromatic heterocycles. The van der Waals surface area contributed by atoms with Crippen LogP contribution in [-0.2, 0) is 0 Å². The Morgan fingerprint density at radius 1 is 0.625 bits per heavy atom. The van der Waals surface area contributed by atoms with Crippen molar-refractivity contribution < 1.29 is 17.0 Å². The predicted octanol–water partition coefficient (Wildman–Crippen LogP) is 0.908. The number of rotatable bonds is 2. The van der Waals surface area contributed by atoms with Crippen LogP contribution in [0.4, 0.5) is 0 Å². The molecule has 0 saturated heterocycles. The molecule has 2 aromatic rings. The molecule has 0 heterocycles. The van der Waals surface area contributed by atoms with E-state index in [1.807, 2.05) is 0 Å². The molecular weight excluding hydrogens is 260 g/mol. The average molecular weight is 275 g/mol. The maximum Gasteiger partial charge on any atom is 0.0725 e. The lowest BCUT2D eigenvalue weighted by Gasteiger charge is -1.96. The Hall–Kier alpha value is -1.21. The van der Waals surface area contributed by atoms with Crippen LogP contribution in [0.1, 0.15) is 22.3 Å². The predicted molar refractivity (Wildman–Crippen MR) is 64.9 cm³/mol. The summed E-state index contributed by atoms with van der Waals surface area (Å²) in [7, 11) is 0. The van der Waals surface area contributed by atoms with Crippen molar-refractivity contribution in [2.75, 3.05) is 0 Å². The molecule has 0 aliphatic carbocycles. The standard InChI is InChI=1S/C15H15.BrH/c1-12-3-7-14(8-4-12)11-15-9-5-13(2)6-10-15;/h3-11H,1-2H3;1H/q+1;/p-1. The van der Waals surface area contributed by atoms with Gasteiger partial charge in [0.1, 0.15) is 0 Å². The number of hydrogen-bond donors (Lipinski definition) is 0. The third kappa shape index (κ3) is 3.42. The molecule has 0 N–H and O–H groups in total. The van der Waals surface area contributed by atoms with Gasteiger partial charge in [0.25, 0.3) is 0 Å². The molecule has 2 rings (SSSR count). The van der Waals surface area contributed by atoms with Crippen LogP contribution in [0.5, 0.6) is 0 Å². The molecule has 1 heteroatoms. The Bertz CT molecular complexity index is 382. The highest BCUT2D eigenvalue weighted by Gasteiger charge is 2.02. The van der Waals surface area contributed by atoms with Crippen molar-refractivity contribution in [2.45, 2.75) is 13.8 Å². The van der Waals surface area contributed by atoms with Gasteiger partial charge in [0.2, 0.25) is 0 Å². The Labute approximate surface area is 108 Å². The van der Waals surface area contributed by atoms with Gasteiger partial charge in [-0.2, -0.15) is 0 Å². The van der Waals surface area contributed by atoms with Gasteiger partial charge in [-0.25, -0.2) is 0 Å². The van der Waals surface area contributed by atoms with Crippen molar-refractivity contribution in [3.63, 3.8) is 0 Å². The summed E-state index contributed by atoms with van der Waals surface area (Å²) in [5.74, 6) is 0. The van der Waals surface area contributed by atoms with E-state index in [4.69, 9.17) is 0 Å². The van der Waals surface area contributed by atoms with E-state index >= 15 is 0 Å². The van der Waals surface area contributed by atoms with Crippen LogP contribution in [-0.4, -0.2) is 0 Å². The lowest BCUT2D eigenvalue weighted by Crippen LogP contribution is -3.00. The quantitative estimate of drug-likeness (QED) is 0.715. The van der Waals surface area contributed by atoms with Gasteiger partial charge in [0.05, 0.1) is 11.1 Å². The highest BCUT2D eigenvalue weighted by molar-refractivity contribution is 5.38. The number of aryl methyl sites for hydroxylation is 2. The Kier molecular flexibility index (Phi) is 4.63. The molecule has 0 bridgehead atoms. The van der Waals surface area contributed by atoms with E-state index in [9.17, 15) is 0 Å². The van der Waals surface area contributed by atoms with Crippen molar-refractivity contribution in [1.82, 2.24) is 0 Å². The van der Waals surface area contributed by atoms with Crippen LogP contribution in [0.25, 0.3) is 0 Å². The SMILES string of the molecule is Cc1ccc([CH+]c2ccc(C)cc2)cc1.[Br-]. The van der Waals surface area contributed by atoms with Gasteiger partial charge in [-0.05, 0) is 49.2 Å². The molecule has 0 unspecified atom stereocenters. The molecule has 0 aliphatic heterocycles. The van der Waals surface area contributed by atoms with E-state index in [1.54, 1.807) is 0 Å². The van der Waals surface area contributed by atoms with Crippen LogP contribution in [0, 0.1) is 20.3 Å². The lowest BCUT2D eigenvalue weighted by atomic mass is 10.0. The van der Waals surface area contributed by atoms with Crippen molar-refractivity contribution in [1.29, 1.82) is 0 Å². The van der Waals surface area contributed by atoms with Crippen molar-refractivity contribution in [3.05, 3.63) is 77.2 Å². The second kappa shape index (κ2) is 5.76. The summed E-state index contributed by atoms with van der Waals surface area (Å²) in [4.78, 5) is 0. The highest BCUT2D eigenvalue weighted by atomic mass is 79.9. The molecule has 0 radical (unpaired) electrons. The monoisotopic (exact) mass is 274 g/mol. The topological polar surface area (TPSA) is 0 Å². The normalized spacial score (nSPS) is 9.38. The second-order valence-electron chi connectivity index (χ2n) is 3.97.